The minimum absolute atomic E-state index is 0.151. The molecule has 0 unspecified atom stereocenters. The van der Waals surface area contributed by atoms with E-state index in [9.17, 15) is 8.42 Å². The molecule has 0 atom stereocenters. The lowest BCUT2D eigenvalue weighted by Crippen LogP contribution is -2.08. The Balaban J connectivity index is 1.55. The lowest BCUT2D eigenvalue weighted by molar-refractivity contribution is 0.306. The zero-order valence-electron chi connectivity index (χ0n) is 18.8. The summed E-state index contributed by atoms with van der Waals surface area (Å²) >= 11 is 0. The molecule has 0 saturated heterocycles. The van der Waals surface area contributed by atoms with E-state index >= 15 is 0 Å². The maximum atomic E-state index is 11.3. The fourth-order valence-corrected chi connectivity index (χ4v) is 4.96. The van der Waals surface area contributed by atoms with E-state index in [0.29, 0.717) is 19.6 Å². The zero-order chi connectivity index (χ0) is 22.6. The van der Waals surface area contributed by atoms with Gasteiger partial charge in [0.25, 0.3) is 0 Å². The van der Waals surface area contributed by atoms with Crippen LogP contribution in [0, 0.1) is 6.92 Å². The van der Waals surface area contributed by atoms with Gasteiger partial charge in [0.15, 0.2) is 0 Å². The minimum Gasteiger partial charge on any atom is -0.494 e. The van der Waals surface area contributed by atoms with Crippen LogP contribution >= 0.6 is 0 Å². The number of para-hydroxylation sites is 1. The van der Waals surface area contributed by atoms with Crippen molar-refractivity contribution in [3.05, 3.63) is 82.9 Å². The normalized spacial score (nSPS) is 13.1. The van der Waals surface area contributed by atoms with Crippen molar-refractivity contribution in [1.82, 2.24) is 0 Å². The molecule has 0 spiro atoms. The van der Waals surface area contributed by atoms with Crippen LogP contribution in [-0.2, 0) is 29.3 Å². The van der Waals surface area contributed by atoms with Crippen LogP contribution in [0.1, 0.15) is 35.1 Å². The molecule has 0 saturated carbocycles. The van der Waals surface area contributed by atoms with Crippen molar-refractivity contribution < 1.29 is 17.9 Å². The number of fused-ring (bicyclic) bond motifs is 3. The molecule has 3 aromatic carbocycles. The first-order valence-corrected chi connectivity index (χ1v) is 13.2. The highest BCUT2D eigenvalue weighted by Crippen LogP contribution is 2.38. The van der Waals surface area contributed by atoms with Crippen LogP contribution in [0.4, 0.5) is 0 Å². The van der Waals surface area contributed by atoms with Gasteiger partial charge in [0.05, 0.1) is 12.4 Å². The van der Waals surface area contributed by atoms with Crippen molar-refractivity contribution in [1.29, 1.82) is 0 Å². The van der Waals surface area contributed by atoms with Gasteiger partial charge in [0, 0.05) is 6.26 Å². The molecule has 0 radical (unpaired) electrons. The highest BCUT2D eigenvalue weighted by Gasteiger charge is 2.18. The summed E-state index contributed by atoms with van der Waals surface area (Å²) < 4.78 is 34.5. The maximum absolute atomic E-state index is 11.3. The molecule has 0 bridgehead atoms. The van der Waals surface area contributed by atoms with Crippen LogP contribution in [0.2, 0.25) is 0 Å². The van der Waals surface area contributed by atoms with Crippen molar-refractivity contribution in [3.8, 4) is 22.6 Å². The van der Waals surface area contributed by atoms with Crippen molar-refractivity contribution >= 4 is 9.84 Å². The van der Waals surface area contributed by atoms with Crippen LogP contribution < -0.4 is 9.47 Å². The molecule has 0 N–H and O–H groups in total. The van der Waals surface area contributed by atoms with Crippen molar-refractivity contribution in [2.24, 2.45) is 0 Å². The van der Waals surface area contributed by atoms with Crippen LogP contribution in [0.25, 0.3) is 11.1 Å². The highest BCUT2D eigenvalue weighted by atomic mass is 32.2. The van der Waals surface area contributed by atoms with E-state index in [2.05, 4.69) is 37.3 Å². The Kier molecular flexibility index (Phi) is 6.85. The summed E-state index contributed by atoms with van der Waals surface area (Å²) in [6.07, 6.45) is 4.91. The van der Waals surface area contributed by atoms with E-state index in [1.54, 1.807) is 0 Å². The third-order valence-electron chi connectivity index (χ3n) is 5.80. The van der Waals surface area contributed by atoms with Gasteiger partial charge in [-0.15, -0.1) is 0 Å². The van der Waals surface area contributed by atoms with Crippen LogP contribution in [0.3, 0.4) is 0 Å². The Morgan fingerprint density at radius 2 is 1.66 bits per heavy atom. The minimum atomic E-state index is -2.96. The Morgan fingerprint density at radius 3 is 2.44 bits per heavy atom. The predicted octanol–water partition coefficient (Wildman–Crippen LogP) is 5.54. The summed E-state index contributed by atoms with van der Waals surface area (Å²) in [5.41, 5.74) is 7.58. The van der Waals surface area contributed by atoms with Gasteiger partial charge in [-0.2, -0.15) is 0 Å². The van der Waals surface area contributed by atoms with E-state index in [1.807, 2.05) is 30.3 Å². The number of hydrogen-bond acceptors (Lipinski definition) is 4. The van der Waals surface area contributed by atoms with Crippen molar-refractivity contribution in [2.45, 2.75) is 39.2 Å². The summed E-state index contributed by atoms with van der Waals surface area (Å²) in [4.78, 5) is 0. The van der Waals surface area contributed by atoms with E-state index in [1.165, 1.54) is 34.1 Å². The number of sulfone groups is 1. The fourth-order valence-electron chi connectivity index (χ4n) is 4.32. The Morgan fingerprint density at radius 1 is 0.875 bits per heavy atom. The fraction of sp³-hybridized carbons (Fsp3) is 0.333. The Bertz CT molecular complexity index is 1180. The molecular weight excluding hydrogens is 420 g/mol. The van der Waals surface area contributed by atoms with Gasteiger partial charge >= 0.3 is 0 Å². The summed E-state index contributed by atoms with van der Waals surface area (Å²) in [5.74, 6) is 1.84. The standard InChI is InChI=1S/C27H30O4S/c1-20-16-25(30-14-7-15-32(2,28)29)18-23-9-6-8-22-13-12-21(17-26(22)27(20)23)19-31-24-10-4-3-5-11-24/h3-5,10-13,16-18H,6-9,14-15,19H2,1-2H3. The van der Waals surface area contributed by atoms with E-state index in [4.69, 9.17) is 9.47 Å². The smallest absolute Gasteiger partial charge is 0.147 e. The first-order valence-electron chi connectivity index (χ1n) is 11.1. The number of ether oxygens (including phenoxy) is 2. The van der Waals surface area contributed by atoms with E-state index in [0.717, 1.165) is 36.3 Å². The summed E-state index contributed by atoms with van der Waals surface area (Å²) in [6, 6.07) is 20.8. The van der Waals surface area contributed by atoms with Crippen LogP contribution in [0.5, 0.6) is 11.5 Å². The zero-order valence-corrected chi connectivity index (χ0v) is 19.6. The van der Waals surface area contributed by atoms with Crippen molar-refractivity contribution in [3.63, 3.8) is 0 Å². The molecule has 0 amide bonds. The number of hydrogen-bond donors (Lipinski definition) is 0. The molecule has 0 heterocycles. The van der Waals surface area contributed by atoms with Crippen LogP contribution in [0.15, 0.2) is 60.7 Å². The molecule has 168 valence electrons. The number of benzene rings is 3. The Hall–Kier alpha value is -2.79. The molecule has 0 aliphatic heterocycles. The number of rotatable bonds is 8. The summed E-state index contributed by atoms with van der Waals surface area (Å²) in [6.45, 7) is 3.07. The van der Waals surface area contributed by atoms with Gasteiger partial charge in [-0.25, -0.2) is 8.42 Å². The number of aryl methyl sites for hydroxylation is 3. The predicted molar refractivity (Wildman–Crippen MR) is 129 cm³/mol. The monoisotopic (exact) mass is 450 g/mol. The summed E-state index contributed by atoms with van der Waals surface area (Å²) in [5, 5.41) is 0. The van der Waals surface area contributed by atoms with Gasteiger partial charge in [-0.05, 0) is 96.3 Å². The summed E-state index contributed by atoms with van der Waals surface area (Å²) in [7, 11) is -2.96. The average Bonchev–Trinajstić information content (AvgIpc) is 2.94. The second-order valence-electron chi connectivity index (χ2n) is 8.55. The highest BCUT2D eigenvalue weighted by molar-refractivity contribution is 7.90. The lowest BCUT2D eigenvalue weighted by atomic mass is 9.91. The van der Waals surface area contributed by atoms with E-state index in [-0.39, 0.29) is 5.75 Å². The topological polar surface area (TPSA) is 52.6 Å². The molecule has 32 heavy (non-hydrogen) atoms. The second kappa shape index (κ2) is 9.78. The van der Waals surface area contributed by atoms with Gasteiger partial charge in [0.1, 0.15) is 27.9 Å². The molecule has 0 fully saturated rings. The maximum Gasteiger partial charge on any atom is 0.147 e. The second-order valence-corrected chi connectivity index (χ2v) is 10.8. The van der Waals surface area contributed by atoms with Gasteiger partial charge in [-0.3, -0.25) is 0 Å². The molecular formula is C27H30O4S. The molecule has 0 aromatic heterocycles. The SMILES string of the molecule is Cc1cc(OCCCS(C)(=O)=O)cc2c1-c1cc(COc3ccccc3)ccc1CCC2. The van der Waals surface area contributed by atoms with E-state index < -0.39 is 9.84 Å². The lowest BCUT2D eigenvalue weighted by Gasteiger charge is -2.17. The van der Waals surface area contributed by atoms with Gasteiger partial charge in [0.2, 0.25) is 0 Å². The largest absolute Gasteiger partial charge is 0.494 e. The van der Waals surface area contributed by atoms with Crippen LogP contribution in [-0.4, -0.2) is 27.0 Å². The molecule has 5 heteroatoms. The van der Waals surface area contributed by atoms with Gasteiger partial charge in [-0.1, -0.05) is 30.3 Å². The molecule has 1 aliphatic rings. The first-order chi connectivity index (χ1) is 15.4. The third kappa shape index (κ3) is 5.71. The molecule has 4 nitrogen and oxygen atoms in total. The van der Waals surface area contributed by atoms with Crippen molar-refractivity contribution in [2.75, 3.05) is 18.6 Å². The van der Waals surface area contributed by atoms with Gasteiger partial charge < -0.3 is 9.47 Å². The Labute approximate surface area is 191 Å². The third-order valence-corrected chi connectivity index (χ3v) is 6.83. The quantitative estimate of drug-likeness (QED) is 0.423. The molecule has 1 aliphatic carbocycles. The average molecular weight is 451 g/mol. The molecule has 4 rings (SSSR count). The first kappa shape index (κ1) is 22.4. The molecule has 3 aromatic rings.